The first kappa shape index (κ1) is 20.8. The Labute approximate surface area is 181 Å². The smallest absolute Gasteiger partial charge is 0.333 e. The third-order valence-corrected chi connectivity index (χ3v) is 5.10. The molecule has 1 N–H and O–H groups in total. The van der Waals surface area contributed by atoms with Crippen molar-refractivity contribution in [3.05, 3.63) is 78.4 Å². The second-order valence-electron chi connectivity index (χ2n) is 7.17. The summed E-state index contributed by atoms with van der Waals surface area (Å²) in [6, 6.07) is 23.4. The van der Waals surface area contributed by atoms with Crippen LogP contribution >= 0.6 is 0 Å². The molecule has 6 nitrogen and oxygen atoms in total. The SMILES string of the molecule is CCOC(Cc1ccc(OCCN2c3ccccc3Oc3ccccc32)cc1)C(=O)O. The maximum Gasteiger partial charge on any atom is 0.333 e. The lowest BCUT2D eigenvalue weighted by molar-refractivity contribution is -0.149. The van der Waals surface area contributed by atoms with Gasteiger partial charge in [-0.3, -0.25) is 0 Å². The van der Waals surface area contributed by atoms with E-state index in [9.17, 15) is 9.90 Å². The number of hydrogen-bond acceptors (Lipinski definition) is 5. The minimum atomic E-state index is -0.951. The topological polar surface area (TPSA) is 68.2 Å². The van der Waals surface area contributed by atoms with Crippen molar-refractivity contribution in [1.29, 1.82) is 0 Å². The normalized spacial score (nSPS) is 13.0. The van der Waals surface area contributed by atoms with Crippen LogP contribution in [0.15, 0.2) is 72.8 Å². The van der Waals surface area contributed by atoms with Crippen LogP contribution in [0.3, 0.4) is 0 Å². The van der Waals surface area contributed by atoms with Crippen LogP contribution in [0.4, 0.5) is 11.4 Å². The van der Waals surface area contributed by atoms with E-state index in [-0.39, 0.29) is 0 Å². The predicted molar refractivity (Wildman–Crippen MR) is 119 cm³/mol. The van der Waals surface area contributed by atoms with E-state index in [1.807, 2.05) is 72.8 Å². The first-order chi connectivity index (χ1) is 15.2. The summed E-state index contributed by atoms with van der Waals surface area (Å²) in [4.78, 5) is 13.5. The average molecular weight is 419 g/mol. The third-order valence-electron chi connectivity index (χ3n) is 5.10. The number of benzene rings is 3. The first-order valence-electron chi connectivity index (χ1n) is 10.4. The Morgan fingerprint density at radius 2 is 1.58 bits per heavy atom. The molecule has 4 rings (SSSR count). The number of hydrogen-bond donors (Lipinski definition) is 1. The fourth-order valence-electron chi connectivity index (χ4n) is 3.63. The molecule has 6 heteroatoms. The van der Waals surface area contributed by atoms with Gasteiger partial charge in [0.1, 0.15) is 12.4 Å². The second-order valence-corrected chi connectivity index (χ2v) is 7.17. The molecular weight excluding hydrogens is 394 g/mol. The number of nitrogens with zero attached hydrogens (tertiary/aromatic N) is 1. The van der Waals surface area contributed by atoms with Crippen LogP contribution in [0.5, 0.6) is 17.2 Å². The highest BCUT2D eigenvalue weighted by Crippen LogP contribution is 2.45. The molecule has 3 aromatic carbocycles. The number of carbonyl (C=O) groups is 1. The molecule has 0 saturated carbocycles. The molecule has 1 aliphatic rings. The van der Waals surface area contributed by atoms with Gasteiger partial charge in [0.2, 0.25) is 0 Å². The van der Waals surface area contributed by atoms with Gasteiger partial charge in [0, 0.05) is 13.0 Å². The molecular formula is C25H25NO5. The van der Waals surface area contributed by atoms with E-state index in [1.165, 1.54) is 0 Å². The number of anilines is 2. The lowest BCUT2D eigenvalue weighted by Gasteiger charge is -2.32. The summed E-state index contributed by atoms with van der Waals surface area (Å²) in [5, 5.41) is 9.24. The Hall–Kier alpha value is -3.51. The highest BCUT2D eigenvalue weighted by atomic mass is 16.5. The highest BCUT2D eigenvalue weighted by molar-refractivity contribution is 5.77. The van der Waals surface area contributed by atoms with Crippen LogP contribution in [-0.2, 0) is 16.0 Å². The fourth-order valence-corrected chi connectivity index (χ4v) is 3.63. The van der Waals surface area contributed by atoms with E-state index in [0.717, 1.165) is 34.2 Å². The molecule has 31 heavy (non-hydrogen) atoms. The number of para-hydroxylation sites is 4. The summed E-state index contributed by atoms with van der Waals surface area (Å²) in [5.74, 6) is 1.44. The van der Waals surface area contributed by atoms with Crippen molar-refractivity contribution >= 4 is 17.3 Å². The summed E-state index contributed by atoms with van der Waals surface area (Å²) >= 11 is 0. The number of carboxylic acid groups (broad SMARTS) is 1. The van der Waals surface area contributed by atoms with Crippen molar-refractivity contribution in [2.75, 3.05) is 24.7 Å². The second kappa shape index (κ2) is 9.53. The van der Waals surface area contributed by atoms with Crippen molar-refractivity contribution in [1.82, 2.24) is 0 Å². The van der Waals surface area contributed by atoms with E-state index in [1.54, 1.807) is 6.92 Å². The van der Waals surface area contributed by atoms with Gasteiger partial charge in [0.05, 0.1) is 17.9 Å². The molecule has 160 valence electrons. The Bertz CT molecular complexity index is 989. The van der Waals surface area contributed by atoms with Gasteiger partial charge in [-0.25, -0.2) is 4.79 Å². The first-order valence-corrected chi connectivity index (χ1v) is 10.4. The van der Waals surface area contributed by atoms with E-state index < -0.39 is 12.1 Å². The largest absolute Gasteiger partial charge is 0.492 e. The van der Waals surface area contributed by atoms with Crippen LogP contribution in [0.1, 0.15) is 12.5 Å². The maximum atomic E-state index is 11.3. The fraction of sp³-hybridized carbons (Fsp3) is 0.240. The lowest BCUT2D eigenvalue weighted by Crippen LogP contribution is -2.26. The Kier molecular flexibility index (Phi) is 6.38. The molecule has 1 aliphatic heterocycles. The van der Waals surface area contributed by atoms with Crippen LogP contribution in [0.25, 0.3) is 0 Å². The van der Waals surface area contributed by atoms with Gasteiger partial charge in [0.15, 0.2) is 17.6 Å². The number of rotatable bonds is 9. The summed E-state index contributed by atoms with van der Waals surface area (Å²) in [6.07, 6.45) is -0.511. The zero-order valence-electron chi connectivity index (χ0n) is 17.4. The van der Waals surface area contributed by atoms with Gasteiger partial charge < -0.3 is 24.2 Å². The molecule has 0 fully saturated rings. The van der Waals surface area contributed by atoms with Crippen LogP contribution < -0.4 is 14.4 Å². The van der Waals surface area contributed by atoms with Crippen LogP contribution in [0, 0.1) is 0 Å². The molecule has 0 bridgehead atoms. The van der Waals surface area contributed by atoms with Crippen LogP contribution in [-0.4, -0.2) is 36.9 Å². The summed E-state index contributed by atoms with van der Waals surface area (Å²) in [7, 11) is 0. The summed E-state index contributed by atoms with van der Waals surface area (Å²) in [6.45, 7) is 3.30. The molecule has 0 radical (unpaired) electrons. The zero-order valence-corrected chi connectivity index (χ0v) is 17.4. The van der Waals surface area contributed by atoms with Crippen molar-refractivity contribution in [3.63, 3.8) is 0 Å². The number of aliphatic carboxylic acids is 1. The van der Waals surface area contributed by atoms with E-state index in [0.29, 0.717) is 26.2 Å². The van der Waals surface area contributed by atoms with E-state index in [2.05, 4.69) is 4.90 Å². The molecule has 0 aliphatic carbocycles. The van der Waals surface area contributed by atoms with Gasteiger partial charge in [-0.15, -0.1) is 0 Å². The summed E-state index contributed by atoms with van der Waals surface area (Å²) < 4.78 is 17.3. The monoisotopic (exact) mass is 419 g/mol. The molecule has 1 unspecified atom stereocenters. The minimum Gasteiger partial charge on any atom is -0.492 e. The highest BCUT2D eigenvalue weighted by Gasteiger charge is 2.23. The molecule has 1 atom stereocenters. The standard InChI is InChI=1S/C25H25NO5/c1-2-29-24(25(27)28)17-18-11-13-19(14-12-18)30-16-15-26-20-7-3-5-9-22(20)31-23-10-6-4-8-21(23)26/h3-14,24H,2,15-17H2,1H3,(H,27,28). The van der Waals surface area contributed by atoms with Crippen molar-refractivity contribution < 1.29 is 24.1 Å². The molecule has 0 spiro atoms. The Morgan fingerprint density at radius 1 is 0.968 bits per heavy atom. The maximum absolute atomic E-state index is 11.3. The molecule has 0 amide bonds. The van der Waals surface area contributed by atoms with Crippen molar-refractivity contribution in [3.8, 4) is 17.2 Å². The molecule has 0 saturated heterocycles. The van der Waals surface area contributed by atoms with Crippen molar-refractivity contribution in [2.45, 2.75) is 19.4 Å². The summed E-state index contributed by atoms with van der Waals surface area (Å²) in [5.41, 5.74) is 2.91. The number of carboxylic acids is 1. The van der Waals surface area contributed by atoms with E-state index >= 15 is 0 Å². The Morgan fingerprint density at radius 3 is 2.16 bits per heavy atom. The number of fused-ring (bicyclic) bond motifs is 2. The van der Waals surface area contributed by atoms with Gasteiger partial charge in [0.25, 0.3) is 0 Å². The molecule has 3 aromatic rings. The van der Waals surface area contributed by atoms with Crippen LogP contribution in [0.2, 0.25) is 0 Å². The lowest BCUT2D eigenvalue weighted by atomic mass is 10.1. The average Bonchev–Trinajstić information content (AvgIpc) is 2.79. The zero-order chi connectivity index (χ0) is 21.6. The van der Waals surface area contributed by atoms with E-state index in [4.69, 9.17) is 14.2 Å². The minimum absolute atomic E-state index is 0.324. The predicted octanol–water partition coefficient (Wildman–Crippen LogP) is 5.04. The van der Waals surface area contributed by atoms with Gasteiger partial charge >= 0.3 is 5.97 Å². The third kappa shape index (κ3) is 4.81. The van der Waals surface area contributed by atoms with Crippen molar-refractivity contribution in [2.24, 2.45) is 0 Å². The van der Waals surface area contributed by atoms with Gasteiger partial charge in [-0.2, -0.15) is 0 Å². The molecule has 0 aromatic heterocycles. The quantitative estimate of drug-likeness (QED) is 0.524. The number of ether oxygens (including phenoxy) is 3. The van der Waals surface area contributed by atoms with Gasteiger partial charge in [-0.05, 0) is 48.9 Å². The Balaban J connectivity index is 1.39. The van der Waals surface area contributed by atoms with Gasteiger partial charge in [-0.1, -0.05) is 36.4 Å². The molecule has 1 heterocycles.